The van der Waals surface area contributed by atoms with Crippen LogP contribution in [0.15, 0.2) is 0 Å². The zero-order valence-corrected chi connectivity index (χ0v) is 13.1. The van der Waals surface area contributed by atoms with Crippen LogP contribution in [0.5, 0.6) is 0 Å². The molecule has 0 aromatic rings. The Bertz CT molecular complexity index is 386. The molecule has 0 spiro atoms. The van der Waals surface area contributed by atoms with Gasteiger partial charge < -0.3 is 10.5 Å². The number of methoxy groups -OCH3 is 1. The first-order chi connectivity index (χ1) is 9.57. The zero-order chi connectivity index (χ0) is 14.6. The standard InChI is InChI=1S/C13H27N3O3S/c1-19-11-13-4-8-16(9-5-13)20(17,18)15-6-2-12(10-14)3-7-15/h12-13H,2-11,14H2,1H3. The number of nitrogens with two attached hydrogens (primary N) is 1. The molecule has 118 valence electrons. The van der Waals surface area contributed by atoms with Crippen molar-refractivity contribution in [3.63, 3.8) is 0 Å². The van der Waals surface area contributed by atoms with Crippen LogP contribution in [-0.4, -0.2) is 63.5 Å². The maximum atomic E-state index is 12.6. The van der Waals surface area contributed by atoms with E-state index in [0.717, 1.165) is 32.3 Å². The van der Waals surface area contributed by atoms with Gasteiger partial charge in [0.05, 0.1) is 0 Å². The summed E-state index contributed by atoms with van der Waals surface area (Å²) in [5.41, 5.74) is 5.65. The molecule has 7 heteroatoms. The van der Waals surface area contributed by atoms with E-state index in [4.69, 9.17) is 10.5 Å². The lowest BCUT2D eigenvalue weighted by atomic mass is 9.99. The highest BCUT2D eigenvalue weighted by Gasteiger charge is 2.34. The van der Waals surface area contributed by atoms with Gasteiger partial charge in [0.25, 0.3) is 10.2 Å². The van der Waals surface area contributed by atoms with Gasteiger partial charge in [-0.2, -0.15) is 17.0 Å². The summed E-state index contributed by atoms with van der Waals surface area (Å²) < 4.78 is 33.6. The van der Waals surface area contributed by atoms with Gasteiger partial charge in [-0.05, 0) is 44.1 Å². The number of hydrogen-bond donors (Lipinski definition) is 1. The van der Waals surface area contributed by atoms with Crippen LogP contribution in [0.25, 0.3) is 0 Å². The van der Waals surface area contributed by atoms with E-state index >= 15 is 0 Å². The molecular weight excluding hydrogens is 278 g/mol. The molecule has 0 aromatic carbocycles. The number of ether oxygens (including phenoxy) is 1. The largest absolute Gasteiger partial charge is 0.384 e. The molecular formula is C13H27N3O3S. The van der Waals surface area contributed by atoms with E-state index in [-0.39, 0.29) is 0 Å². The van der Waals surface area contributed by atoms with Crippen molar-refractivity contribution in [3.05, 3.63) is 0 Å². The minimum Gasteiger partial charge on any atom is -0.384 e. The predicted octanol–water partition coefficient (Wildman–Crippen LogP) is 0.260. The second-order valence-corrected chi connectivity index (χ2v) is 7.81. The van der Waals surface area contributed by atoms with Crippen molar-refractivity contribution in [1.29, 1.82) is 0 Å². The molecule has 2 aliphatic heterocycles. The molecule has 0 saturated carbocycles. The van der Waals surface area contributed by atoms with Crippen LogP contribution in [0.3, 0.4) is 0 Å². The molecule has 0 atom stereocenters. The van der Waals surface area contributed by atoms with Gasteiger partial charge in [-0.3, -0.25) is 0 Å². The van der Waals surface area contributed by atoms with Crippen molar-refractivity contribution >= 4 is 10.2 Å². The number of rotatable bonds is 5. The fraction of sp³-hybridized carbons (Fsp3) is 1.00. The monoisotopic (exact) mass is 305 g/mol. The molecule has 0 aliphatic carbocycles. The normalized spacial score (nSPS) is 25.1. The molecule has 6 nitrogen and oxygen atoms in total. The van der Waals surface area contributed by atoms with Gasteiger partial charge >= 0.3 is 0 Å². The van der Waals surface area contributed by atoms with E-state index in [1.165, 1.54) is 0 Å². The highest BCUT2D eigenvalue weighted by Crippen LogP contribution is 2.25. The Morgan fingerprint density at radius 3 is 1.85 bits per heavy atom. The zero-order valence-electron chi connectivity index (χ0n) is 12.3. The Labute approximate surface area is 122 Å². The lowest BCUT2D eigenvalue weighted by molar-refractivity contribution is 0.119. The summed E-state index contributed by atoms with van der Waals surface area (Å²) in [7, 11) is -1.57. The van der Waals surface area contributed by atoms with E-state index in [2.05, 4.69) is 0 Å². The van der Waals surface area contributed by atoms with Crippen molar-refractivity contribution in [1.82, 2.24) is 8.61 Å². The van der Waals surface area contributed by atoms with Crippen LogP contribution in [0.2, 0.25) is 0 Å². The Morgan fingerprint density at radius 1 is 1.00 bits per heavy atom. The summed E-state index contributed by atoms with van der Waals surface area (Å²) in [6.07, 6.45) is 3.56. The van der Waals surface area contributed by atoms with Crippen molar-refractivity contribution in [2.24, 2.45) is 17.6 Å². The Kier molecular flexibility index (Phi) is 5.80. The van der Waals surface area contributed by atoms with Crippen LogP contribution < -0.4 is 5.73 Å². The minimum absolute atomic E-state index is 0.480. The van der Waals surface area contributed by atoms with Crippen LogP contribution >= 0.6 is 0 Å². The molecule has 0 bridgehead atoms. The third kappa shape index (κ3) is 3.71. The molecule has 0 radical (unpaired) electrons. The summed E-state index contributed by atoms with van der Waals surface area (Å²) >= 11 is 0. The van der Waals surface area contributed by atoms with Crippen LogP contribution in [0, 0.1) is 11.8 Å². The summed E-state index contributed by atoms with van der Waals surface area (Å²) in [6, 6.07) is 0. The summed E-state index contributed by atoms with van der Waals surface area (Å²) in [5.74, 6) is 0.975. The Balaban J connectivity index is 1.88. The molecule has 0 aromatic heterocycles. The van der Waals surface area contributed by atoms with Gasteiger partial charge in [-0.1, -0.05) is 0 Å². The topological polar surface area (TPSA) is 75.9 Å². The van der Waals surface area contributed by atoms with Crippen molar-refractivity contribution in [3.8, 4) is 0 Å². The molecule has 2 heterocycles. The maximum absolute atomic E-state index is 12.6. The fourth-order valence-corrected chi connectivity index (χ4v) is 4.75. The van der Waals surface area contributed by atoms with Gasteiger partial charge in [0, 0.05) is 39.9 Å². The highest BCUT2D eigenvalue weighted by molar-refractivity contribution is 7.86. The fourth-order valence-electron chi connectivity index (χ4n) is 3.08. The summed E-state index contributed by atoms with van der Waals surface area (Å²) in [6.45, 7) is 3.86. The lowest BCUT2D eigenvalue weighted by Gasteiger charge is -2.37. The number of piperidine rings is 2. The predicted molar refractivity (Wildman–Crippen MR) is 78.4 cm³/mol. The van der Waals surface area contributed by atoms with Gasteiger partial charge in [-0.25, -0.2) is 0 Å². The molecule has 20 heavy (non-hydrogen) atoms. The quantitative estimate of drug-likeness (QED) is 0.790. The van der Waals surface area contributed by atoms with Crippen LogP contribution in [0.4, 0.5) is 0 Å². The van der Waals surface area contributed by atoms with Crippen LogP contribution in [-0.2, 0) is 14.9 Å². The second kappa shape index (κ2) is 7.17. The van der Waals surface area contributed by atoms with E-state index in [0.29, 0.717) is 44.6 Å². The molecule has 2 N–H and O–H groups in total. The molecule has 2 saturated heterocycles. The first kappa shape index (κ1) is 16.2. The van der Waals surface area contributed by atoms with E-state index in [1.54, 1.807) is 15.7 Å². The molecule has 0 amide bonds. The summed E-state index contributed by atoms with van der Waals surface area (Å²) in [4.78, 5) is 0. The van der Waals surface area contributed by atoms with Crippen molar-refractivity contribution in [2.75, 3.05) is 46.4 Å². The Hall–Kier alpha value is -0.210. The average molecular weight is 305 g/mol. The summed E-state index contributed by atoms with van der Waals surface area (Å²) in [5, 5.41) is 0. The minimum atomic E-state index is -3.27. The molecule has 2 fully saturated rings. The smallest absolute Gasteiger partial charge is 0.281 e. The van der Waals surface area contributed by atoms with Crippen molar-refractivity contribution in [2.45, 2.75) is 25.7 Å². The second-order valence-electron chi connectivity index (χ2n) is 5.88. The number of nitrogens with zero attached hydrogens (tertiary/aromatic N) is 2. The van der Waals surface area contributed by atoms with E-state index < -0.39 is 10.2 Å². The third-order valence-electron chi connectivity index (χ3n) is 4.54. The van der Waals surface area contributed by atoms with Gasteiger partial charge in [0.1, 0.15) is 0 Å². The first-order valence-corrected chi connectivity index (χ1v) is 8.92. The van der Waals surface area contributed by atoms with Gasteiger partial charge in [0.15, 0.2) is 0 Å². The lowest BCUT2D eigenvalue weighted by Crippen LogP contribution is -2.50. The SMILES string of the molecule is COCC1CCN(S(=O)(=O)N2CCC(CN)CC2)CC1. The van der Waals surface area contributed by atoms with E-state index in [1.807, 2.05) is 0 Å². The van der Waals surface area contributed by atoms with Gasteiger partial charge in [-0.15, -0.1) is 0 Å². The average Bonchev–Trinajstić information content (AvgIpc) is 2.48. The van der Waals surface area contributed by atoms with E-state index in [9.17, 15) is 8.42 Å². The molecule has 2 aliphatic rings. The molecule has 2 rings (SSSR count). The highest BCUT2D eigenvalue weighted by atomic mass is 32.2. The van der Waals surface area contributed by atoms with Crippen molar-refractivity contribution < 1.29 is 13.2 Å². The van der Waals surface area contributed by atoms with Gasteiger partial charge in [0.2, 0.25) is 0 Å². The first-order valence-electron chi connectivity index (χ1n) is 7.52. The third-order valence-corrected chi connectivity index (χ3v) is 6.57. The maximum Gasteiger partial charge on any atom is 0.281 e. The Morgan fingerprint density at radius 2 is 1.45 bits per heavy atom. The number of hydrogen-bond acceptors (Lipinski definition) is 4. The van der Waals surface area contributed by atoms with Crippen LogP contribution in [0.1, 0.15) is 25.7 Å². The molecule has 0 unspecified atom stereocenters.